The van der Waals surface area contributed by atoms with Gasteiger partial charge in [0.1, 0.15) is 6.54 Å². The number of rotatable bonds is 33. The second-order valence-corrected chi connectivity index (χ2v) is 13.4. The Kier molecular flexibility index (Phi) is 29.9. The molecule has 0 aliphatic carbocycles. The highest BCUT2D eigenvalue weighted by Gasteiger charge is 2.09. The van der Waals surface area contributed by atoms with E-state index in [-0.39, 0.29) is 0 Å². The molecule has 0 spiro atoms. The first-order valence-corrected chi connectivity index (χ1v) is 19.4. The fourth-order valence-electron chi connectivity index (χ4n) is 6.46. The van der Waals surface area contributed by atoms with Crippen molar-refractivity contribution < 1.29 is 4.57 Å². The van der Waals surface area contributed by atoms with E-state index in [0.717, 1.165) is 0 Å². The maximum absolute atomic E-state index is 2.55. The summed E-state index contributed by atoms with van der Waals surface area (Å²) in [5.41, 5.74) is 1.56. The highest BCUT2D eigenvalue weighted by Crippen LogP contribution is 2.15. The lowest BCUT2D eigenvalue weighted by Crippen LogP contribution is -2.37. The Labute approximate surface area is 260 Å². The minimum atomic E-state index is 1.22. The van der Waals surface area contributed by atoms with Gasteiger partial charge < -0.3 is 0 Å². The van der Waals surface area contributed by atoms with E-state index < -0.39 is 0 Å². The van der Waals surface area contributed by atoms with Gasteiger partial charge in [-0.3, -0.25) is 0 Å². The second-order valence-electron chi connectivity index (χ2n) is 13.4. The molecule has 0 aliphatic heterocycles. The van der Waals surface area contributed by atoms with Gasteiger partial charge in [0.15, 0.2) is 11.9 Å². The van der Waals surface area contributed by atoms with Crippen molar-refractivity contribution in [3.63, 3.8) is 0 Å². The van der Waals surface area contributed by atoms with Crippen molar-refractivity contribution in [2.24, 2.45) is 0 Å². The van der Waals surface area contributed by atoms with Gasteiger partial charge in [-0.25, -0.2) is 4.57 Å². The van der Waals surface area contributed by atoms with E-state index in [0.29, 0.717) is 0 Å². The fourth-order valence-corrected chi connectivity index (χ4v) is 6.46. The number of nitrogens with zero attached hydrogens (tertiary/aromatic N) is 1. The third kappa shape index (κ3) is 26.5. The van der Waals surface area contributed by atoms with E-state index in [2.05, 4.69) is 42.8 Å². The van der Waals surface area contributed by atoms with Gasteiger partial charge in [0.05, 0.1) is 0 Å². The molecule has 1 aromatic heterocycles. The first kappa shape index (κ1) is 38.2. The number of aryl methyl sites for hydroxylation is 2. The lowest BCUT2D eigenvalue weighted by molar-refractivity contribution is -0.704. The molecule has 0 bridgehead atoms. The quantitative estimate of drug-likeness (QED) is 0.0584. The molecule has 1 nitrogen and oxygen atoms in total. The molecule has 0 atom stereocenters. The molecule has 41 heavy (non-hydrogen) atoms. The van der Waals surface area contributed by atoms with Crippen LogP contribution in [0.2, 0.25) is 0 Å². The number of pyridine rings is 1. The Morgan fingerprint density at radius 3 is 1.05 bits per heavy atom. The number of hydrogen-bond acceptors (Lipinski definition) is 0. The van der Waals surface area contributed by atoms with Crippen LogP contribution in [0.1, 0.15) is 219 Å². The first-order valence-electron chi connectivity index (χ1n) is 19.4. The molecule has 0 amide bonds. The third-order valence-corrected chi connectivity index (χ3v) is 9.32. The minimum Gasteiger partial charge on any atom is -0.202 e. The molecule has 0 N–H and O–H groups in total. The summed E-state index contributed by atoms with van der Waals surface area (Å²) in [4.78, 5) is 0. The van der Waals surface area contributed by atoms with Crippen molar-refractivity contribution in [3.8, 4) is 0 Å². The van der Waals surface area contributed by atoms with Crippen LogP contribution in [-0.4, -0.2) is 0 Å². The molecule has 240 valence electrons. The van der Waals surface area contributed by atoms with Gasteiger partial charge in [0.2, 0.25) is 0 Å². The number of hydrogen-bond donors (Lipinski definition) is 0. The Bertz CT molecular complexity index is 623. The topological polar surface area (TPSA) is 3.88 Å². The zero-order valence-corrected chi connectivity index (χ0v) is 28.6. The zero-order valence-electron chi connectivity index (χ0n) is 28.6. The van der Waals surface area contributed by atoms with Crippen LogP contribution >= 0.6 is 0 Å². The highest BCUT2D eigenvalue weighted by molar-refractivity contribution is 4.97. The molecule has 0 aliphatic rings. The van der Waals surface area contributed by atoms with Crippen LogP contribution in [-0.2, 0) is 13.0 Å². The monoisotopic (exact) mass is 571 g/mol. The average Bonchev–Trinajstić information content (AvgIpc) is 2.99. The summed E-state index contributed by atoms with van der Waals surface area (Å²) in [6.45, 7) is 5.83. The molecule has 1 heterocycles. The van der Waals surface area contributed by atoms with Crippen LogP contribution < -0.4 is 4.57 Å². The number of unbranched alkanes of at least 4 members (excludes halogenated alkanes) is 29. The van der Waals surface area contributed by atoms with Crippen LogP contribution in [0, 0.1) is 0 Å². The molecule has 1 heteroatoms. The Morgan fingerprint density at radius 1 is 0.366 bits per heavy atom. The van der Waals surface area contributed by atoms with Gasteiger partial charge >= 0.3 is 0 Å². The Balaban J connectivity index is 1.89. The summed E-state index contributed by atoms with van der Waals surface area (Å²) in [6.07, 6.45) is 48.4. The molecule has 0 saturated heterocycles. The van der Waals surface area contributed by atoms with E-state index in [1.807, 2.05) is 0 Å². The Morgan fingerprint density at radius 2 is 0.683 bits per heavy atom. The maximum atomic E-state index is 2.55. The molecule has 0 unspecified atom stereocenters. The predicted molar refractivity (Wildman–Crippen MR) is 185 cm³/mol. The maximum Gasteiger partial charge on any atom is 0.181 e. The van der Waals surface area contributed by atoms with Gasteiger partial charge in [-0.05, 0) is 12.8 Å². The van der Waals surface area contributed by atoms with Crippen molar-refractivity contribution in [1.82, 2.24) is 0 Å². The van der Waals surface area contributed by atoms with Crippen molar-refractivity contribution >= 4 is 0 Å². The normalized spacial score (nSPS) is 11.5. The molecule has 0 aromatic carbocycles. The second kappa shape index (κ2) is 32.1. The predicted octanol–water partition coefficient (Wildman–Crippen LogP) is 13.6. The lowest BCUT2D eigenvalue weighted by atomic mass is 10.0. The van der Waals surface area contributed by atoms with Crippen LogP contribution in [0.5, 0.6) is 0 Å². The summed E-state index contributed by atoms with van der Waals surface area (Å²) in [5.74, 6) is 0. The highest BCUT2D eigenvalue weighted by atomic mass is 14.9. The molecule has 1 aromatic rings. The van der Waals surface area contributed by atoms with Crippen LogP contribution in [0.3, 0.4) is 0 Å². The lowest BCUT2D eigenvalue weighted by Gasteiger charge is -2.06. The summed E-state index contributed by atoms with van der Waals surface area (Å²) >= 11 is 0. The summed E-state index contributed by atoms with van der Waals surface area (Å²) in [6, 6.07) is 6.84. The molecule has 1 rings (SSSR count). The third-order valence-electron chi connectivity index (χ3n) is 9.32. The van der Waals surface area contributed by atoms with E-state index in [1.54, 1.807) is 5.69 Å². The first-order chi connectivity index (χ1) is 20.4. The SMILES string of the molecule is CCCCCCCCCCCCCCCCCCc1cccc[n+]1CCCCCCCCCCCCCCCCC. The molecule has 0 saturated carbocycles. The molecular formula is C40H76N+. The minimum absolute atomic E-state index is 1.22. The largest absolute Gasteiger partial charge is 0.202 e. The van der Waals surface area contributed by atoms with Crippen molar-refractivity contribution in [1.29, 1.82) is 0 Å². The van der Waals surface area contributed by atoms with Gasteiger partial charge in [-0.15, -0.1) is 0 Å². The van der Waals surface area contributed by atoms with E-state index in [1.165, 1.54) is 212 Å². The Hall–Kier alpha value is -0.850. The summed E-state index contributed by atoms with van der Waals surface area (Å²) < 4.78 is 2.55. The van der Waals surface area contributed by atoms with Crippen molar-refractivity contribution in [3.05, 3.63) is 30.1 Å². The van der Waals surface area contributed by atoms with Crippen LogP contribution in [0.15, 0.2) is 24.4 Å². The smallest absolute Gasteiger partial charge is 0.181 e. The van der Waals surface area contributed by atoms with E-state index >= 15 is 0 Å². The molecular weight excluding hydrogens is 494 g/mol. The fraction of sp³-hybridized carbons (Fsp3) is 0.875. The van der Waals surface area contributed by atoms with Crippen LogP contribution in [0.4, 0.5) is 0 Å². The molecule has 0 fully saturated rings. The zero-order chi connectivity index (χ0) is 29.3. The van der Waals surface area contributed by atoms with Gasteiger partial charge in [-0.2, -0.15) is 0 Å². The van der Waals surface area contributed by atoms with E-state index in [4.69, 9.17) is 0 Å². The standard InChI is InChI=1S/C40H76N/c1-3-5-7-9-11-13-15-17-19-20-22-24-26-28-30-32-36-40-37-33-35-39-41(40)38-34-31-29-27-25-23-21-18-16-14-12-10-8-6-4-2/h33,35,37,39H,3-32,34,36,38H2,1-2H3/q+1. The summed E-state index contributed by atoms with van der Waals surface area (Å²) in [7, 11) is 0. The van der Waals surface area contributed by atoms with E-state index in [9.17, 15) is 0 Å². The molecule has 0 radical (unpaired) electrons. The van der Waals surface area contributed by atoms with Crippen molar-refractivity contribution in [2.75, 3.05) is 0 Å². The van der Waals surface area contributed by atoms with Gasteiger partial charge in [0.25, 0.3) is 0 Å². The average molecular weight is 571 g/mol. The van der Waals surface area contributed by atoms with Crippen molar-refractivity contribution in [2.45, 2.75) is 226 Å². The van der Waals surface area contributed by atoms with Gasteiger partial charge in [0, 0.05) is 25.0 Å². The summed E-state index contributed by atoms with van der Waals surface area (Å²) in [5, 5.41) is 0. The van der Waals surface area contributed by atoms with Crippen LogP contribution in [0.25, 0.3) is 0 Å². The van der Waals surface area contributed by atoms with Gasteiger partial charge in [-0.1, -0.05) is 200 Å². The number of aromatic nitrogens is 1.